The lowest BCUT2D eigenvalue weighted by atomic mass is 9.92. The van der Waals surface area contributed by atoms with E-state index in [1.807, 2.05) is 0 Å². The van der Waals surface area contributed by atoms with Crippen LogP contribution >= 0.6 is 0 Å². The minimum Gasteiger partial charge on any atom is -0.480 e. The van der Waals surface area contributed by atoms with Crippen molar-refractivity contribution in [3.63, 3.8) is 0 Å². The van der Waals surface area contributed by atoms with E-state index in [-0.39, 0.29) is 0 Å². The Bertz CT molecular complexity index is 579. The van der Waals surface area contributed by atoms with E-state index >= 15 is 0 Å². The molecule has 0 radical (unpaired) electrons. The Labute approximate surface area is 119 Å². The lowest BCUT2D eigenvalue weighted by molar-refractivity contribution is -0.144. The van der Waals surface area contributed by atoms with Gasteiger partial charge in [-0.3, -0.25) is 9.59 Å². The molecule has 1 N–H and O–H groups in total. The van der Waals surface area contributed by atoms with Crippen molar-refractivity contribution in [3.8, 4) is 0 Å². The molecule has 0 aliphatic heterocycles. The molecule has 0 atom stereocenters. The second kappa shape index (κ2) is 5.05. The number of likely N-dealkylation sites (N-methyl/N-ethyl adjacent to an activating group) is 1. The number of carbonyl (C=O) groups excluding carboxylic acids is 1. The predicted molar refractivity (Wildman–Crippen MR) is 67.6 cm³/mol. The van der Waals surface area contributed by atoms with Crippen LogP contribution in [0.2, 0.25) is 0 Å². The topological polar surface area (TPSA) is 57.6 Å². The minimum atomic E-state index is -4.47. The fourth-order valence-electron chi connectivity index (χ4n) is 2.38. The summed E-state index contributed by atoms with van der Waals surface area (Å²) < 4.78 is 38.2. The maximum absolute atomic E-state index is 12.7. The molecule has 21 heavy (non-hydrogen) atoms. The van der Waals surface area contributed by atoms with Crippen LogP contribution in [0.5, 0.6) is 0 Å². The summed E-state index contributed by atoms with van der Waals surface area (Å²) >= 11 is 0. The van der Waals surface area contributed by atoms with Gasteiger partial charge in [0.2, 0.25) is 5.91 Å². The molecule has 0 aromatic heterocycles. The average Bonchev–Trinajstić information content (AvgIpc) is 3.17. The Kier molecular flexibility index (Phi) is 3.69. The number of carbonyl (C=O) groups is 2. The van der Waals surface area contributed by atoms with Crippen LogP contribution in [0.15, 0.2) is 24.3 Å². The van der Waals surface area contributed by atoms with Crippen molar-refractivity contribution in [2.75, 3.05) is 13.6 Å². The van der Waals surface area contributed by atoms with Gasteiger partial charge >= 0.3 is 12.1 Å². The number of amides is 1. The summed E-state index contributed by atoms with van der Waals surface area (Å²) in [5, 5.41) is 8.70. The Balaban J connectivity index is 2.29. The zero-order chi connectivity index (χ0) is 15.8. The van der Waals surface area contributed by atoms with Crippen molar-refractivity contribution in [3.05, 3.63) is 35.4 Å². The summed E-state index contributed by atoms with van der Waals surface area (Å²) in [5.41, 5.74) is -1.52. The van der Waals surface area contributed by atoms with Gasteiger partial charge in [-0.25, -0.2) is 0 Å². The molecule has 114 valence electrons. The maximum Gasteiger partial charge on any atom is 0.416 e. The van der Waals surface area contributed by atoms with Crippen LogP contribution in [-0.4, -0.2) is 35.5 Å². The predicted octanol–water partition coefficient (Wildman–Crippen LogP) is 2.28. The van der Waals surface area contributed by atoms with Gasteiger partial charge in [0, 0.05) is 7.05 Å². The molecule has 0 heterocycles. The van der Waals surface area contributed by atoms with Crippen molar-refractivity contribution in [2.24, 2.45) is 0 Å². The Morgan fingerprint density at radius 1 is 1.33 bits per heavy atom. The number of halogens is 3. The van der Waals surface area contributed by atoms with Crippen LogP contribution in [0, 0.1) is 0 Å². The molecule has 1 aliphatic rings. The van der Waals surface area contributed by atoms with E-state index in [0.717, 1.165) is 17.0 Å². The van der Waals surface area contributed by atoms with Crippen LogP contribution in [0.25, 0.3) is 0 Å². The normalized spacial score (nSPS) is 16.4. The molecule has 2 rings (SSSR count). The molecule has 0 spiro atoms. The fourth-order valence-corrected chi connectivity index (χ4v) is 2.38. The van der Waals surface area contributed by atoms with Gasteiger partial charge in [-0.05, 0) is 24.5 Å². The van der Waals surface area contributed by atoms with Gasteiger partial charge in [0.05, 0.1) is 11.0 Å². The van der Waals surface area contributed by atoms with Crippen molar-refractivity contribution >= 4 is 11.9 Å². The number of nitrogens with zero attached hydrogens (tertiary/aromatic N) is 1. The van der Waals surface area contributed by atoms with Crippen LogP contribution in [-0.2, 0) is 21.2 Å². The highest BCUT2D eigenvalue weighted by Gasteiger charge is 2.53. The first-order chi connectivity index (χ1) is 9.67. The third-order valence-electron chi connectivity index (χ3n) is 3.62. The first kappa shape index (κ1) is 15.3. The van der Waals surface area contributed by atoms with E-state index in [4.69, 9.17) is 5.11 Å². The maximum atomic E-state index is 12.7. The number of rotatable bonds is 4. The highest BCUT2D eigenvalue weighted by atomic mass is 19.4. The third-order valence-corrected chi connectivity index (χ3v) is 3.62. The summed E-state index contributed by atoms with van der Waals surface area (Å²) in [6, 6.07) is 4.67. The first-order valence-electron chi connectivity index (χ1n) is 6.32. The monoisotopic (exact) mass is 301 g/mol. The molecule has 1 saturated carbocycles. The number of carboxylic acid groups (broad SMARTS) is 1. The molecular formula is C14H14F3NO3. The molecule has 0 saturated heterocycles. The van der Waals surface area contributed by atoms with Crippen molar-refractivity contribution < 1.29 is 27.9 Å². The van der Waals surface area contributed by atoms with Gasteiger partial charge in [-0.2, -0.15) is 13.2 Å². The van der Waals surface area contributed by atoms with E-state index in [9.17, 15) is 22.8 Å². The molecule has 1 amide bonds. The van der Waals surface area contributed by atoms with Gasteiger partial charge in [-0.15, -0.1) is 0 Å². The smallest absolute Gasteiger partial charge is 0.416 e. The van der Waals surface area contributed by atoms with Gasteiger partial charge in [-0.1, -0.05) is 18.2 Å². The molecule has 1 aromatic rings. The van der Waals surface area contributed by atoms with Crippen molar-refractivity contribution in [1.82, 2.24) is 4.90 Å². The molecule has 1 aromatic carbocycles. The van der Waals surface area contributed by atoms with Gasteiger partial charge in [0.1, 0.15) is 6.54 Å². The van der Waals surface area contributed by atoms with Crippen LogP contribution in [0.4, 0.5) is 13.2 Å². The minimum absolute atomic E-state index is 0.291. The van der Waals surface area contributed by atoms with E-state index < -0.39 is 35.6 Å². The molecular weight excluding hydrogens is 287 g/mol. The first-order valence-corrected chi connectivity index (χ1v) is 6.32. The molecule has 4 nitrogen and oxygen atoms in total. The Hall–Kier alpha value is -2.05. The number of hydrogen-bond donors (Lipinski definition) is 1. The van der Waals surface area contributed by atoms with Crippen molar-refractivity contribution in [2.45, 2.75) is 24.4 Å². The number of alkyl halides is 3. The highest BCUT2D eigenvalue weighted by molar-refractivity contribution is 5.93. The summed E-state index contributed by atoms with van der Waals surface area (Å²) in [4.78, 5) is 24.0. The summed E-state index contributed by atoms with van der Waals surface area (Å²) in [6.45, 7) is -0.473. The van der Waals surface area contributed by atoms with Crippen LogP contribution in [0.3, 0.4) is 0 Å². The van der Waals surface area contributed by atoms with Crippen LogP contribution < -0.4 is 0 Å². The van der Waals surface area contributed by atoms with Crippen molar-refractivity contribution in [1.29, 1.82) is 0 Å². The number of carboxylic acids is 1. The summed E-state index contributed by atoms with van der Waals surface area (Å²) in [5.74, 6) is -1.62. The second-order valence-electron chi connectivity index (χ2n) is 5.22. The SMILES string of the molecule is CN(CC(=O)O)C(=O)C1(c2cccc(C(F)(F)F)c2)CC1. The summed E-state index contributed by atoms with van der Waals surface area (Å²) in [7, 11) is 1.34. The lowest BCUT2D eigenvalue weighted by Gasteiger charge is -2.23. The molecule has 1 aliphatic carbocycles. The van der Waals surface area contributed by atoms with Gasteiger partial charge < -0.3 is 10.0 Å². The zero-order valence-electron chi connectivity index (χ0n) is 11.3. The average molecular weight is 301 g/mol. The highest BCUT2D eigenvalue weighted by Crippen LogP contribution is 2.50. The zero-order valence-corrected chi connectivity index (χ0v) is 11.3. The number of benzene rings is 1. The number of hydrogen-bond acceptors (Lipinski definition) is 2. The lowest BCUT2D eigenvalue weighted by Crippen LogP contribution is -2.39. The molecule has 0 unspecified atom stereocenters. The standard InChI is InChI=1S/C14H14F3NO3/c1-18(8-11(19)20)12(21)13(5-6-13)9-3-2-4-10(7-9)14(15,16)17/h2-4,7H,5-6,8H2,1H3,(H,19,20). The molecule has 7 heteroatoms. The molecule has 0 bridgehead atoms. The van der Waals surface area contributed by atoms with E-state index in [0.29, 0.717) is 18.4 Å². The van der Waals surface area contributed by atoms with Gasteiger partial charge in [0.25, 0.3) is 0 Å². The van der Waals surface area contributed by atoms with Gasteiger partial charge in [0.15, 0.2) is 0 Å². The second-order valence-corrected chi connectivity index (χ2v) is 5.22. The quantitative estimate of drug-likeness (QED) is 0.928. The van der Waals surface area contributed by atoms with Crippen LogP contribution in [0.1, 0.15) is 24.0 Å². The summed E-state index contributed by atoms with van der Waals surface area (Å²) in [6.07, 6.45) is -3.61. The fraction of sp³-hybridized carbons (Fsp3) is 0.429. The molecule has 1 fully saturated rings. The van der Waals surface area contributed by atoms with E-state index in [1.54, 1.807) is 0 Å². The largest absolute Gasteiger partial charge is 0.480 e. The Morgan fingerprint density at radius 3 is 2.43 bits per heavy atom. The third kappa shape index (κ3) is 3.01. The van der Waals surface area contributed by atoms with E-state index in [2.05, 4.69) is 0 Å². The van der Waals surface area contributed by atoms with E-state index in [1.165, 1.54) is 19.2 Å². The number of aliphatic carboxylic acids is 1. The Morgan fingerprint density at radius 2 is 1.95 bits per heavy atom.